The Balaban J connectivity index is 1.89. The number of aliphatic hydroxyl groups excluding tert-OH is 1. The van der Waals surface area contributed by atoms with Crippen molar-refractivity contribution in [2.45, 2.75) is 64.5 Å². The van der Waals surface area contributed by atoms with Gasteiger partial charge in [0.2, 0.25) is 0 Å². The van der Waals surface area contributed by atoms with Gasteiger partial charge in [-0.25, -0.2) is 0 Å². The van der Waals surface area contributed by atoms with E-state index in [1.54, 1.807) is 0 Å². The van der Waals surface area contributed by atoms with Crippen molar-refractivity contribution >= 4 is 0 Å². The number of aliphatic hydroxyl groups is 1. The van der Waals surface area contributed by atoms with E-state index in [1.165, 1.54) is 32.2 Å². The summed E-state index contributed by atoms with van der Waals surface area (Å²) in [6.07, 6.45) is 7.47. The summed E-state index contributed by atoms with van der Waals surface area (Å²) >= 11 is 0. The fourth-order valence-electron chi connectivity index (χ4n) is 3.29. The first-order valence-corrected chi connectivity index (χ1v) is 7.12. The largest absolute Gasteiger partial charge is 0.393 e. The zero-order valence-corrected chi connectivity index (χ0v) is 10.9. The van der Waals surface area contributed by atoms with E-state index in [0.29, 0.717) is 6.04 Å². The predicted octanol–water partition coefficient (Wildman–Crippen LogP) is 2.66. The van der Waals surface area contributed by atoms with E-state index < -0.39 is 0 Å². The van der Waals surface area contributed by atoms with E-state index in [-0.39, 0.29) is 6.10 Å². The maximum absolute atomic E-state index is 9.82. The first-order valence-electron chi connectivity index (χ1n) is 7.12. The molecule has 0 bridgehead atoms. The molecule has 3 unspecified atom stereocenters. The molecule has 3 atom stereocenters. The number of hydrogen-bond acceptors (Lipinski definition) is 2. The summed E-state index contributed by atoms with van der Waals surface area (Å²) in [6, 6.07) is 0.634. The lowest BCUT2D eigenvalue weighted by Crippen LogP contribution is -2.47. The lowest BCUT2D eigenvalue weighted by molar-refractivity contribution is 0.0213. The van der Waals surface area contributed by atoms with Gasteiger partial charge in [-0.15, -0.1) is 0 Å². The van der Waals surface area contributed by atoms with E-state index in [1.807, 2.05) is 0 Å². The predicted molar refractivity (Wildman–Crippen MR) is 67.4 cm³/mol. The fourth-order valence-corrected chi connectivity index (χ4v) is 3.29. The molecule has 0 aromatic rings. The lowest BCUT2D eigenvalue weighted by Gasteiger charge is -2.42. The Bertz CT molecular complexity index is 215. The van der Waals surface area contributed by atoms with Gasteiger partial charge < -0.3 is 10.0 Å². The van der Waals surface area contributed by atoms with Crippen molar-refractivity contribution in [1.29, 1.82) is 0 Å². The molecule has 2 saturated carbocycles. The third-order valence-electron chi connectivity index (χ3n) is 4.72. The van der Waals surface area contributed by atoms with Gasteiger partial charge in [0.1, 0.15) is 0 Å². The molecule has 0 radical (unpaired) electrons. The molecule has 0 aromatic carbocycles. The molecule has 0 saturated heterocycles. The molecule has 0 heterocycles. The number of nitrogens with zero attached hydrogens (tertiary/aromatic N) is 1. The van der Waals surface area contributed by atoms with Gasteiger partial charge in [0.25, 0.3) is 0 Å². The van der Waals surface area contributed by atoms with Crippen LogP contribution in [0.4, 0.5) is 0 Å². The van der Waals surface area contributed by atoms with Gasteiger partial charge in [-0.05, 0) is 50.5 Å². The Morgan fingerprint density at radius 1 is 1.19 bits per heavy atom. The molecule has 94 valence electrons. The summed E-state index contributed by atoms with van der Waals surface area (Å²) in [7, 11) is 0. The lowest BCUT2D eigenvalue weighted by atomic mass is 9.80. The number of rotatable bonds is 4. The second-order valence-electron chi connectivity index (χ2n) is 5.90. The quantitative estimate of drug-likeness (QED) is 0.795. The van der Waals surface area contributed by atoms with Gasteiger partial charge in [0, 0.05) is 12.6 Å². The SMILES string of the molecule is CCN(CC1CCC1)C1CC(O)CCC1C. The third kappa shape index (κ3) is 2.78. The average Bonchev–Trinajstić information content (AvgIpc) is 2.21. The van der Waals surface area contributed by atoms with Gasteiger partial charge >= 0.3 is 0 Å². The molecule has 0 aromatic heterocycles. The van der Waals surface area contributed by atoms with Crippen LogP contribution in [0.25, 0.3) is 0 Å². The molecule has 0 aliphatic heterocycles. The van der Waals surface area contributed by atoms with Crippen molar-refractivity contribution in [1.82, 2.24) is 4.90 Å². The molecule has 2 aliphatic carbocycles. The van der Waals surface area contributed by atoms with E-state index in [0.717, 1.165) is 31.2 Å². The van der Waals surface area contributed by atoms with Gasteiger partial charge in [0.15, 0.2) is 0 Å². The Labute approximate surface area is 100 Å². The highest BCUT2D eigenvalue weighted by Gasteiger charge is 2.32. The van der Waals surface area contributed by atoms with Crippen LogP contribution < -0.4 is 0 Å². The molecular weight excluding hydrogens is 198 g/mol. The van der Waals surface area contributed by atoms with Crippen LogP contribution in [0, 0.1) is 11.8 Å². The summed E-state index contributed by atoms with van der Waals surface area (Å²) < 4.78 is 0. The molecule has 2 heteroatoms. The first kappa shape index (κ1) is 12.4. The van der Waals surface area contributed by atoms with Crippen molar-refractivity contribution < 1.29 is 5.11 Å². The normalized spacial score (nSPS) is 36.4. The monoisotopic (exact) mass is 225 g/mol. The highest BCUT2D eigenvalue weighted by molar-refractivity contribution is 4.86. The van der Waals surface area contributed by atoms with Crippen molar-refractivity contribution in [3.05, 3.63) is 0 Å². The van der Waals surface area contributed by atoms with Crippen LogP contribution in [0.3, 0.4) is 0 Å². The van der Waals surface area contributed by atoms with Crippen LogP contribution in [0.5, 0.6) is 0 Å². The minimum atomic E-state index is -0.0448. The Morgan fingerprint density at radius 2 is 1.94 bits per heavy atom. The smallest absolute Gasteiger partial charge is 0.0555 e. The summed E-state index contributed by atoms with van der Waals surface area (Å²) in [5.41, 5.74) is 0. The van der Waals surface area contributed by atoms with Crippen LogP contribution in [0.1, 0.15) is 52.4 Å². The highest BCUT2D eigenvalue weighted by Crippen LogP contribution is 2.32. The van der Waals surface area contributed by atoms with Crippen molar-refractivity contribution in [3.8, 4) is 0 Å². The van der Waals surface area contributed by atoms with Crippen LogP contribution >= 0.6 is 0 Å². The number of hydrogen-bond donors (Lipinski definition) is 1. The van der Waals surface area contributed by atoms with Crippen molar-refractivity contribution in [2.24, 2.45) is 11.8 Å². The van der Waals surface area contributed by atoms with Crippen molar-refractivity contribution in [3.63, 3.8) is 0 Å². The minimum Gasteiger partial charge on any atom is -0.393 e. The maximum atomic E-state index is 9.82. The second kappa shape index (κ2) is 5.50. The molecule has 0 spiro atoms. The van der Waals surface area contributed by atoms with Crippen LogP contribution in [-0.4, -0.2) is 35.2 Å². The molecular formula is C14H27NO. The van der Waals surface area contributed by atoms with E-state index in [9.17, 15) is 5.11 Å². The van der Waals surface area contributed by atoms with Crippen LogP contribution in [0.2, 0.25) is 0 Å². The minimum absolute atomic E-state index is 0.0448. The molecule has 1 N–H and O–H groups in total. The third-order valence-corrected chi connectivity index (χ3v) is 4.72. The van der Waals surface area contributed by atoms with Crippen molar-refractivity contribution in [2.75, 3.05) is 13.1 Å². The van der Waals surface area contributed by atoms with Crippen LogP contribution in [-0.2, 0) is 0 Å². The molecule has 2 nitrogen and oxygen atoms in total. The van der Waals surface area contributed by atoms with Gasteiger partial charge in [-0.2, -0.15) is 0 Å². The average molecular weight is 225 g/mol. The zero-order valence-electron chi connectivity index (χ0n) is 10.9. The second-order valence-corrected chi connectivity index (χ2v) is 5.90. The van der Waals surface area contributed by atoms with Gasteiger partial charge in [-0.3, -0.25) is 0 Å². The Morgan fingerprint density at radius 3 is 2.50 bits per heavy atom. The molecule has 2 fully saturated rings. The molecule has 0 amide bonds. The molecule has 2 rings (SSSR count). The molecule has 2 aliphatic rings. The van der Waals surface area contributed by atoms with E-state index >= 15 is 0 Å². The van der Waals surface area contributed by atoms with Gasteiger partial charge in [-0.1, -0.05) is 20.3 Å². The topological polar surface area (TPSA) is 23.5 Å². The van der Waals surface area contributed by atoms with E-state index in [2.05, 4.69) is 18.7 Å². The summed E-state index contributed by atoms with van der Waals surface area (Å²) in [5.74, 6) is 1.72. The highest BCUT2D eigenvalue weighted by atomic mass is 16.3. The molecule has 16 heavy (non-hydrogen) atoms. The fraction of sp³-hybridized carbons (Fsp3) is 1.00. The zero-order chi connectivity index (χ0) is 11.5. The summed E-state index contributed by atoms with van der Waals surface area (Å²) in [6.45, 7) is 7.06. The Hall–Kier alpha value is -0.0800. The van der Waals surface area contributed by atoms with E-state index in [4.69, 9.17) is 0 Å². The summed E-state index contributed by atoms with van der Waals surface area (Å²) in [5, 5.41) is 9.82. The standard InChI is InChI=1S/C14H27NO/c1-3-15(10-12-5-4-6-12)14-9-13(16)8-7-11(14)2/h11-14,16H,3-10H2,1-2H3. The van der Waals surface area contributed by atoms with Crippen LogP contribution in [0.15, 0.2) is 0 Å². The summed E-state index contributed by atoms with van der Waals surface area (Å²) in [4.78, 5) is 2.64. The van der Waals surface area contributed by atoms with Gasteiger partial charge in [0.05, 0.1) is 6.10 Å². The first-order chi connectivity index (χ1) is 7.70. The maximum Gasteiger partial charge on any atom is 0.0555 e. The Kier molecular flexibility index (Phi) is 4.26.